The highest BCUT2D eigenvalue weighted by molar-refractivity contribution is 5.84. The second-order valence-corrected chi connectivity index (χ2v) is 6.30. The van der Waals surface area contributed by atoms with E-state index in [4.69, 9.17) is 0 Å². The van der Waals surface area contributed by atoms with Crippen LogP contribution < -0.4 is 5.32 Å². The number of nitrogens with one attached hydrogen (secondary N) is 1. The van der Waals surface area contributed by atoms with Gasteiger partial charge in [-0.15, -0.1) is 0 Å². The molecule has 1 atom stereocenters. The number of piperidine rings is 2. The summed E-state index contributed by atoms with van der Waals surface area (Å²) in [6.45, 7) is 2.26. The van der Waals surface area contributed by atoms with Crippen molar-refractivity contribution in [1.29, 1.82) is 0 Å². The lowest BCUT2D eigenvalue weighted by atomic mass is 9.90. The van der Waals surface area contributed by atoms with Gasteiger partial charge < -0.3 is 10.2 Å². The Bertz CT molecular complexity index is 614. The molecule has 0 spiro atoms. The van der Waals surface area contributed by atoms with Crippen LogP contribution in [0.2, 0.25) is 0 Å². The number of carbonyl (C=O) groups excluding carboxylic acids is 1. The normalized spacial score (nSPS) is 23.6. The predicted molar refractivity (Wildman–Crippen MR) is 78.8 cm³/mol. The molecule has 0 saturated carbocycles. The SMILES string of the molecule is O=C1C(c2ncc(C(F)(F)F)cc2F)CCCN1C1CCNCC1. The minimum Gasteiger partial charge on any atom is -0.339 e. The standard InChI is InChI=1S/C16H19F4N3O/c17-13-8-10(16(18,19)20)9-22-14(13)12-2-1-7-23(15(12)24)11-3-5-21-6-4-11/h8-9,11-12,21H,1-7H2. The van der Waals surface area contributed by atoms with E-state index >= 15 is 0 Å². The minimum absolute atomic E-state index is 0.110. The first-order valence-electron chi connectivity index (χ1n) is 8.12. The van der Waals surface area contributed by atoms with Crippen LogP contribution in [0.1, 0.15) is 42.9 Å². The molecule has 0 aromatic carbocycles. The van der Waals surface area contributed by atoms with Gasteiger partial charge in [0.25, 0.3) is 0 Å². The number of halogens is 4. The van der Waals surface area contributed by atoms with Gasteiger partial charge in [-0.2, -0.15) is 13.2 Å². The second kappa shape index (κ2) is 6.66. The maximum atomic E-state index is 14.2. The third kappa shape index (κ3) is 3.38. The molecule has 8 heteroatoms. The minimum atomic E-state index is -4.65. The molecule has 3 rings (SSSR count). The van der Waals surface area contributed by atoms with Gasteiger partial charge in [0.05, 0.1) is 17.2 Å². The van der Waals surface area contributed by atoms with Crippen LogP contribution in [0.4, 0.5) is 17.6 Å². The number of aromatic nitrogens is 1. The third-order valence-electron chi connectivity index (χ3n) is 4.75. The van der Waals surface area contributed by atoms with Crippen LogP contribution in [-0.2, 0) is 11.0 Å². The third-order valence-corrected chi connectivity index (χ3v) is 4.75. The van der Waals surface area contributed by atoms with Crippen molar-refractivity contribution in [2.45, 2.75) is 43.8 Å². The van der Waals surface area contributed by atoms with E-state index in [1.54, 1.807) is 4.90 Å². The largest absolute Gasteiger partial charge is 0.417 e. The molecule has 3 heterocycles. The number of amides is 1. The summed E-state index contributed by atoms with van der Waals surface area (Å²) in [5.74, 6) is -2.08. The van der Waals surface area contributed by atoms with Gasteiger partial charge in [0, 0.05) is 18.8 Å². The smallest absolute Gasteiger partial charge is 0.339 e. The predicted octanol–water partition coefficient (Wildman–Crippen LogP) is 2.70. The van der Waals surface area contributed by atoms with Crippen LogP contribution in [-0.4, -0.2) is 41.5 Å². The molecule has 2 saturated heterocycles. The van der Waals surface area contributed by atoms with Crippen molar-refractivity contribution < 1.29 is 22.4 Å². The van der Waals surface area contributed by atoms with E-state index in [2.05, 4.69) is 10.3 Å². The Hall–Kier alpha value is -1.70. The molecule has 1 aromatic heterocycles. The molecule has 0 aliphatic carbocycles. The molecule has 1 amide bonds. The van der Waals surface area contributed by atoms with E-state index in [0.29, 0.717) is 31.6 Å². The Morgan fingerprint density at radius 1 is 1.21 bits per heavy atom. The summed E-state index contributed by atoms with van der Waals surface area (Å²) >= 11 is 0. The van der Waals surface area contributed by atoms with Crippen molar-refractivity contribution in [2.75, 3.05) is 19.6 Å². The number of hydrogen-bond donors (Lipinski definition) is 1. The zero-order valence-electron chi connectivity index (χ0n) is 13.1. The van der Waals surface area contributed by atoms with Crippen LogP contribution in [0, 0.1) is 5.82 Å². The molecule has 24 heavy (non-hydrogen) atoms. The summed E-state index contributed by atoms with van der Waals surface area (Å²) in [6.07, 6.45) is -1.26. The van der Waals surface area contributed by atoms with E-state index in [9.17, 15) is 22.4 Å². The summed E-state index contributed by atoms with van der Waals surface area (Å²) in [5, 5.41) is 3.22. The quantitative estimate of drug-likeness (QED) is 0.839. The van der Waals surface area contributed by atoms with E-state index in [0.717, 1.165) is 25.9 Å². The number of likely N-dealkylation sites (tertiary alicyclic amines) is 1. The molecular weight excluding hydrogens is 326 g/mol. The van der Waals surface area contributed by atoms with Crippen molar-refractivity contribution >= 4 is 5.91 Å². The highest BCUT2D eigenvalue weighted by atomic mass is 19.4. The number of rotatable bonds is 2. The Balaban J connectivity index is 1.82. The van der Waals surface area contributed by atoms with Crippen LogP contribution in [0.5, 0.6) is 0 Å². The number of carbonyl (C=O) groups is 1. The van der Waals surface area contributed by atoms with E-state index in [-0.39, 0.29) is 17.6 Å². The molecular formula is C16H19F4N3O. The van der Waals surface area contributed by atoms with Crippen molar-refractivity contribution in [1.82, 2.24) is 15.2 Å². The van der Waals surface area contributed by atoms with Gasteiger partial charge >= 0.3 is 6.18 Å². The fourth-order valence-electron chi connectivity index (χ4n) is 3.49. The average molecular weight is 345 g/mol. The topological polar surface area (TPSA) is 45.2 Å². The first kappa shape index (κ1) is 17.1. The van der Waals surface area contributed by atoms with Crippen LogP contribution >= 0.6 is 0 Å². The summed E-state index contributed by atoms with van der Waals surface area (Å²) in [7, 11) is 0. The maximum Gasteiger partial charge on any atom is 0.417 e. The molecule has 1 unspecified atom stereocenters. The van der Waals surface area contributed by atoms with Gasteiger partial charge in [0.15, 0.2) is 0 Å². The molecule has 2 fully saturated rings. The lowest BCUT2D eigenvalue weighted by Crippen LogP contribution is -2.50. The van der Waals surface area contributed by atoms with Crippen molar-refractivity contribution in [2.24, 2.45) is 0 Å². The van der Waals surface area contributed by atoms with Crippen LogP contribution in [0.25, 0.3) is 0 Å². The molecule has 1 aromatic rings. The molecule has 132 valence electrons. The Kier molecular flexibility index (Phi) is 4.76. The maximum absolute atomic E-state index is 14.2. The number of pyridine rings is 1. The highest BCUT2D eigenvalue weighted by Crippen LogP contribution is 2.34. The summed E-state index contributed by atoms with van der Waals surface area (Å²) in [5.41, 5.74) is -1.31. The zero-order chi connectivity index (χ0) is 17.3. The molecule has 2 aliphatic rings. The summed E-state index contributed by atoms with van der Waals surface area (Å²) in [6, 6.07) is 0.540. The fraction of sp³-hybridized carbons (Fsp3) is 0.625. The molecule has 1 N–H and O–H groups in total. The Morgan fingerprint density at radius 2 is 1.92 bits per heavy atom. The highest BCUT2D eigenvalue weighted by Gasteiger charge is 2.38. The molecule has 2 aliphatic heterocycles. The van der Waals surface area contributed by atoms with Gasteiger partial charge in [0.1, 0.15) is 5.82 Å². The second-order valence-electron chi connectivity index (χ2n) is 6.30. The first-order chi connectivity index (χ1) is 11.4. The van der Waals surface area contributed by atoms with E-state index in [1.807, 2.05) is 0 Å². The van der Waals surface area contributed by atoms with E-state index in [1.165, 1.54) is 0 Å². The van der Waals surface area contributed by atoms with Gasteiger partial charge in [-0.05, 0) is 44.8 Å². The van der Waals surface area contributed by atoms with Crippen molar-refractivity contribution in [3.05, 3.63) is 29.3 Å². The van der Waals surface area contributed by atoms with Gasteiger partial charge in [0.2, 0.25) is 5.91 Å². The first-order valence-corrected chi connectivity index (χ1v) is 8.12. The van der Waals surface area contributed by atoms with Crippen LogP contribution in [0.3, 0.4) is 0 Å². The number of hydrogen-bond acceptors (Lipinski definition) is 3. The lowest BCUT2D eigenvalue weighted by Gasteiger charge is -2.39. The van der Waals surface area contributed by atoms with Crippen molar-refractivity contribution in [3.8, 4) is 0 Å². The number of nitrogens with zero attached hydrogens (tertiary/aromatic N) is 2. The fourth-order valence-corrected chi connectivity index (χ4v) is 3.49. The van der Waals surface area contributed by atoms with Gasteiger partial charge in [-0.25, -0.2) is 4.39 Å². The Labute approximate surface area is 137 Å². The lowest BCUT2D eigenvalue weighted by molar-refractivity contribution is -0.138. The summed E-state index contributed by atoms with van der Waals surface area (Å²) < 4.78 is 52.1. The molecule has 0 radical (unpaired) electrons. The van der Waals surface area contributed by atoms with Gasteiger partial charge in [-0.3, -0.25) is 9.78 Å². The van der Waals surface area contributed by atoms with E-state index < -0.39 is 23.5 Å². The Morgan fingerprint density at radius 3 is 2.54 bits per heavy atom. The average Bonchev–Trinajstić information content (AvgIpc) is 2.55. The van der Waals surface area contributed by atoms with Crippen LogP contribution in [0.15, 0.2) is 12.3 Å². The summed E-state index contributed by atoms with van der Waals surface area (Å²) in [4.78, 5) is 18.1. The monoisotopic (exact) mass is 345 g/mol. The number of alkyl halides is 3. The molecule has 0 bridgehead atoms. The zero-order valence-corrected chi connectivity index (χ0v) is 13.1. The molecule has 4 nitrogen and oxygen atoms in total. The van der Waals surface area contributed by atoms with Gasteiger partial charge in [-0.1, -0.05) is 0 Å². The van der Waals surface area contributed by atoms with Crippen molar-refractivity contribution in [3.63, 3.8) is 0 Å².